The molecule has 0 amide bonds. The molecule has 0 aliphatic carbocycles. The fraction of sp³-hybridized carbons (Fsp3) is 0.300. The molecule has 0 saturated carbocycles. The molecule has 1 aromatic heterocycles. The molecular weight excluding hydrogens is 182 g/mol. The number of benzene rings is 1. The van der Waals surface area contributed by atoms with E-state index in [1.807, 2.05) is 13.8 Å². The molecule has 0 aliphatic rings. The second-order valence-corrected chi connectivity index (χ2v) is 3.69. The third kappa shape index (κ3) is 1.23. The van der Waals surface area contributed by atoms with Gasteiger partial charge in [0.15, 0.2) is 5.58 Å². The first-order chi connectivity index (χ1) is 6.09. The van der Waals surface area contributed by atoms with Gasteiger partial charge in [-0.15, -0.1) is 0 Å². The lowest BCUT2D eigenvalue weighted by Crippen LogP contribution is -1.85. The van der Waals surface area contributed by atoms with Crippen LogP contribution in [0.3, 0.4) is 0 Å². The Morgan fingerprint density at radius 3 is 2.62 bits per heavy atom. The zero-order chi connectivity index (χ0) is 9.59. The van der Waals surface area contributed by atoms with E-state index < -0.39 is 0 Å². The molecule has 1 aromatic carbocycles. The van der Waals surface area contributed by atoms with E-state index in [2.05, 4.69) is 30.6 Å². The summed E-state index contributed by atoms with van der Waals surface area (Å²) in [6.45, 7) is 6.15. The third-order valence-corrected chi connectivity index (χ3v) is 2.55. The summed E-state index contributed by atoms with van der Waals surface area (Å²) >= 11 is 4.09. The molecule has 2 aromatic rings. The van der Waals surface area contributed by atoms with Crippen LogP contribution in [-0.2, 0) is 0 Å². The first-order valence-corrected chi connectivity index (χ1v) is 4.60. The molecule has 1 heterocycles. The van der Waals surface area contributed by atoms with Gasteiger partial charge in [0.2, 0.25) is 0 Å². The smallest absolute Gasteiger partial charge is 0.253 e. The van der Waals surface area contributed by atoms with Crippen LogP contribution in [0.4, 0.5) is 0 Å². The van der Waals surface area contributed by atoms with Gasteiger partial charge >= 0.3 is 0 Å². The van der Waals surface area contributed by atoms with Crippen molar-refractivity contribution in [3.63, 3.8) is 0 Å². The topological polar surface area (TPSA) is 26.0 Å². The average molecular weight is 193 g/mol. The number of hydrogen-bond donors (Lipinski definition) is 1. The van der Waals surface area contributed by atoms with Crippen LogP contribution in [0.5, 0.6) is 0 Å². The van der Waals surface area contributed by atoms with Gasteiger partial charge in [0.1, 0.15) is 5.52 Å². The summed E-state index contributed by atoms with van der Waals surface area (Å²) in [7, 11) is 0. The van der Waals surface area contributed by atoms with Gasteiger partial charge in [-0.3, -0.25) is 0 Å². The molecule has 0 saturated heterocycles. The van der Waals surface area contributed by atoms with Gasteiger partial charge in [0, 0.05) is 0 Å². The number of fused-ring (bicyclic) bond motifs is 1. The Hall–Kier alpha value is -0.960. The molecule has 13 heavy (non-hydrogen) atoms. The van der Waals surface area contributed by atoms with Crippen molar-refractivity contribution in [2.45, 2.75) is 26.0 Å². The normalized spacial score (nSPS) is 11.1. The summed E-state index contributed by atoms with van der Waals surface area (Å²) in [6.07, 6.45) is 0. The Labute approximate surface area is 82.4 Å². The molecular formula is C10H11NOS. The van der Waals surface area contributed by atoms with E-state index in [1.54, 1.807) is 0 Å². The summed E-state index contributed by atoms with van der Waals surface area (Å²) in [5.74, 6) is 0. The summed E-state index contributed by atoms with van der Waals surface area (Å²) in [4.78, 5) is 4.23. The first kappa shape index (κ1) is 8.63. The zero-order valence-corrected chi connectivity index (χ0v) is 8.77. The quantitative estimate of drug-likeness (QED) is 0.651. The van der Waals surface area contributed by atoms with Crippen LogP contribution >= 0.6 is 12.6 Å². The van der Waals surface area contributed by atoms with Crippen molar-refractivity contribution >= 4 is 23.7 Å². The molecule has 2 nitrogen and oxygen atoms in total. The fourth-order valence-electron chi connectivity index (χ4n) is 1.52. The summed E-state index contributed by atoms with van der Waals surface area (Å²) < 4.78 is 5.39. The van der Waals surface area contributed by atoms with Crippen molar-refractivity contribution in [1.29, 1.82) is 0 Å². The molecule has 2 rings (SSSR count). The van der Waals surface area contributed by atoms with Crippen LogP contribution in [-0.4, -0.2) is 4.98 Å². The highest BCUT2D eigenvalue weighted by Crippen LogP contribution is 2.26. The maximum absolute atomic E-state index is 5.39. The average Bonchev–Trinajstić information content (AvgIpc) is 2.44. The van der Waals surface area contributed by atoms with Crippen molar-refractivity contribution in [2.75, 3.05) is 0 Å². The highest BCUT2D eigenvalue weighted by Gasteiger charge is 2.09. The minimum Gasteiger partial charge on any atom is -0.431 e. The van der Waals surface area contributed by atoms with Gasteiger partial charge in [0.05, 0.1) is 0 Å². The lowest BCUT2D eigenvalue weighted by molar-refractivity contribution is 0.490. The van der Waals surface area contributed by atoms with Crippen molar-refractivity contribution in [1.82, 2.24) is 4.98 Å². The van der Waals surface area contributed by atoms with Crippen LogP contribution in [0.1, 0.15) is 16.7 Å². The molecule has 0 spiro atoms. The second kappa shape index (κ2) is 2.77. The summed E-state index contributed by atoms with van der Waals surface area (Å²) in [6, 6.07) is 2.11. The van der Waals surface area contributed by atoms with Crippen molar-refractivity contribution in [2.24, 2.45) is 0 Å². The predicted molar refractivity (Wildman–Crippen MR) is 55.5 cm³/mol. The Kier molecular flexibility index (Phi) is 1.84. The van der Waals surface area contributed by atoms with Crippen molar-refractivity contribution < 1.29 is 4.42 Å². The van der Waals surface area contributed by atoms with Gasteiger partial charge in [-0.1, -0.05) is 18.7 Å². The number of hydrogen-bond acceptors (Lipinski definition) is 3. The number of oxazole rings is 1. The number of aryl methyl sites for hydroxylation is 3. The third-order valence-electron chi connectivity index (χ3n) is 2.35. The Morgan fingerprint density at radius 2 is 1.92 bits per heavy atom. The van der Waals surface area contributed by atoms with Crippen LogP contribution in [0.2, 0.25) is 0 Å². The van der Waals surface area contributed by atoms with E-state index >= 15 is 0 Å². The standard InChI is InChI=1S/C10H11NOS/c1-5-4-6(2)9-8(7(5)3)11-10(13)12-9/h4H,1-3H3,(H,11,13). The SMILES string of the molecule is Cc1cc(C)c2oc(S)nc2c1C. The van der Waals surface area contributed by atoms with Crippen LogP contribution in [0.25, 0.3) is 11.1 Å². The molecule has 0 radical (unpaired) electrons. The van der Waals surface area contributed by atoms with Gasteiger partial charge < -0.3 is 4.42 Å². The Balaban J connectivity index is 2.95. The van der Waals surface area contributed by atoms with Crippen LogP contribution < -0.4 is 0 Å². The minimum atomic E-state index is 0.437. The molecule has 0 atom stereocenters. The lowest BCUT2D eigenvalue weighted by Gasteiger charge is -2.01. The van der Waals surface area contributed by atoms with E-state index in [1.165, 1.54) is 11.1 Å². The number of thiol groups is 1. The van der Waals surface area contributed by atoms with E-state index in [0.29, 0.717) is 5.22 Å². The number of rotatable bonds is 0. The van der Waals surface area contributed by atoms with E-state index in [-0.39, 0.29) is 0 Å². The van der Waals surface area contributed by atoms with E-state index in [9.17, 15) is 0 Å². The lowest BCUT2D eigenvalue weighted by atomic mass is 10.1. The monoisotopic (exact) mass is 193 g/mol. The predicted octanol–water partition coefficient (Wildman–Crippen LogP) is 3.04. The molecule has 0 bridgehead atoms. The zero-order valence-electron chi connectivity index (χ0n) is 7.88. The number of nitrogens with zero attached hydrogens (tertiary/aromatic N) is 1. The minimum absolute atomic E-state index is 0.437. The Morgan fingerprint density at radius 1 is 1.23 bits per heavy atom. The maximum atomic E-state index is 5.39. The van der Waals surface area contributed by atoms with Crippen molar-refractivity contribution in [3.05, 3.63) is 22.8 Å². The van der Waals surface area contributed by atoms with E-state index in [0.717, 1.165) is 16.7 Å². The largest absolute Gasteiger partial charge is 0.431 e. The highest BCUT2D eigenvalue weighted by molar-refractivity contribution is 7.80. The first-order valence-electron chi connectivity index (χ1n) is 4.16. The van der Waals surface area contributed by atoms with Gasteiger partial charge in [0.25, 0.3) is 5.22 Å². The number of aromatic nitrogens is 1. The molecule has 0 fully saturated rings. The maximum Gasteiger partial charge on any atom is 0.253 e. The van der Waals surface area contributed by atoms with Crippen molar-refractivity contribution in [3.8, 4) is 0 Å². The Bertz CT molecular complexity index is 473. The fourth-order valence-corrected chi connectivity index (χ4v) is 1.71. The highest BCUT2D eigenvalue weighted by atomic mass is 32.1. The molecule has 0 unspecified atom stereocenters. The van der Waals surface area contributed by atoms with Gasteiger partial charge in [-0.25, -0.2) is 4.98 Å². The van der Waals surface area contributed by atoms with Crippen LogP contribution in [0.15, 0.2) is 15.7 Å². The second-order valence-electron chi connectivity index (χ2n) is 3.31. The van der Waals surface area contributed by atoms with Gasteiger partial charge in [-0.2, -0.15) is 0 Å². The molecule has 0 N–H and O–H groups in total. The summed E-state index contributed by atoms with van der Waals surface area (Å²) in [5, 5.41) is 0.437. The van der Waals surface area contributed by atoms with Gasteiger partial charge in [-0.05, 0) is 37.5 Å². The van der Waals surface area contributed by atoms with Crippen LogP contribution in [0, 0.1) is 20.8 Å². The summed E-state index contributed by atoms with van der Waals surface area (Å²) in [5.41, 5.74) is 5.32. The molecule has 68 valence electrons. The van der Waals surface area contributed by atoms with E-state index in [4.69, 9.17) is 4.42 Å². The molecule has 0 aliphatic heterocycles. The molecule has 3 heteroatoms.